The molecule has 0 bridgehead atoms. The number of halogens is 7. The van der Waals surface area contributed by atoms with Crippen LogP contribution in [0.1, 0.15) is 92.2 Å². The van der Waals surface area contributed by atoms with Crippen molar-refractivity contribution in [3.05, 3.63) is 65.5 Å². The molecule has 0 aliphatic carbocycles. The Morgan fingerprint density at radius 2 is 1.16 bits per heavy atom. The SMILES string of the molecule is CC(C)(C)OC(=O)N1CCCC(C)(Oc2cccc(C(F)(F)F)c2)C1.CC1(O)CCCN(C(=O)OC(C)(C)C)C1.Fc1cccc(C(F)(F)F)c1. The van der Waals surface area contributed by atoms with E-state index in [1.165, 1.54) is 12.1 Å². The molecule has 2 aromatic carbocycles. The highest BCUT2D eigenvalue weighted by Crippen LogP contribution is 2.34. The molecule has 8 nitrogen and oxygen atoms in total. The number of hydrogen-bond acceptors (Lipinski definition) is 6. The lowest BCUT2D eigenvalue weighted by molar-refractivity contribution is -0.138. The van der Waals surface area contributed by atoms with Crippen molar-refractivity contribution in [2.75, 3.05) is 26.2 Å². The Balaban J connectivity index is 0.000000293. The maximum absolute atomic E-state index is 12.8. The number of alkyl halides is 6. The zero-order chi connectivity index (χ0) is 39.1. The maximum Gasteiger partial charge on any atom is 0.416 e. The van der Waals surface area contributed by atoms with E-state index in [9.17, 15) is 45.4 Å². The van der Waals surface area contributed by atoms with Crippen LogP contribution in [0.5, 0.6) is 5.75 Å². The fourth-order valence-corrected chi connectivity index (χ4v) is 5.16. The summed E-state index contributed by atoms with van der Waals surface area (Å²) in [6, 6.07) is 8.07. The number of hydrogen-bond donors (Lipinski definition) is 1. The Labute approximate surface area is 294 Å². The predicted molar refractivity (Wildman–Crippen MR) is 177 cm³/mol. The lowest BCUT2D eigenvalue weighted by Crippen LogP contribution is -2.52. The third kappa shape index (κ3) is 16.0. The molecule has 1 N–H and O–H groups in total. The molecule has 2 aliphatic heterocycles. The van der Waals surface area contributed by atoms with Gasteiger partial charge in [0, 0.05) is 13.1 Å². The van der Waals surface area contributed by atoms with Gasteiger partial charge in [-0.05, 0) is 117 Å². The number of piperidine rings is 2. The van der Waals surface area contributed by atoms with Crippen LogP contribution in [-0.2, 0) is 21.8 Å². The summed E-state index contributed by atoms with van der Waals surface area (Å²) in [5.74, 6) is -0.733. The molecule has 51 heavy (non-hydrogen) atoms. The van der Waals surface area contributed by atoms with Gasteiger partial charge in [-0.25, -0.2) is 14.0 Å². The molecular formula is C36H49F7N2O6. The molecule has 2 unspecified atom stereocenters. The third-order valence-electron chi connectivity index (χ3n) is 7.31. The highest BCUT2D eigenvalue weighted by Gasteiger charge is 2.38. The number of carbonyl (C=O) groups is 2. The van der Waals surface area contributed by atoms with E-state index in [1.807, 2.05) is 20.8 Å². The normalized spacial score (nSPS) is 21.3. The van der Waals surface area contributed by atoms with E-state index >= 15 is 0 Å². The monoisotopic (exact) mass is 738 g/mol. The molecule has 2 heterocycles. The van der Waals surface area contributed by atoms with Gasteiger partial charge in [0.1, 0.15) is 28.4 Å². The van der Waals surface area contributed by atoms with Gasteiger partial charge in [-0.3, -0.25) is 0 Å². The highest BCUT2D eigenvalue weighted by molar-refractivity contribution is 5.68. The zero-order valence-corrected chi connectivity index (χ0v) is 30.3. The van der Waals surface area contributed by atoms with Crippen LogP contribution in [0.4, 0.5) is 40.3 Å². The molecule has 2 atom stereocenters. The van der Waals surface area contributed by atoms with Crippen LogP contribution in [0.2, 0.25) is 0 Å². The van der Waals surface area contributed by atoms with Gasteiger partial charge in [0.05, 0.1) is 29.8 Å². The summed E-state index contributed by atoms with van der Waals surface area (Å²) < 4.78 is 103. The van der Waals surface area contributed by atoms with E-state index in [0.717, 1.165) is 43.2 Å². The smallest absolute Gasteiger partial charge is 0.416 e. The number of amides is 2. The van der Waals surface area contributed by atoms with E-state index in [-0.39, 0.29) is 18.4 Å². The topological polar surface area (TPSA) is 88.5 Å². The van der Waals surface area contributed by atoms with Crippen molar-refractivity contribution in [1.29, 1.82) is 0 Å². The second-order valence-corrected chi connectivity index (χ2v) is 15.1. The van der Waals surface area contributed by atoms with Crippen LogP contribution < -0.4 is 4.74 Å². The van der Waals surface area contributed by atoms with Crippen LogP contribution in [0.25, 0.3) is 0 Å². The molecule has 2 aliphatic rings. The molecule has 15 heteroatoms. The Bertz CT molecular complexity index is 1450. The van der Waals surface area contributed by atoms with Crippen molar-refractivity contribution < 1.29 is 59.6 Å². The summed E-state index contributed by atoms with van der Waals surface area (Å²) in [5, 5.41) is 9.84. The van der Waals surface area contributed by atoms with Gasteiger partial charge in [-0.2, -0.15) is 26.3 Å². The first-order valence-electron chi connectivity index (χ1n) is 16.4. The number of benzene rings is 2. The first-order chi connectivity index (χ1) is 23.1. The summed E-state index contributed by atoms with van der Waals surface area (Å²) in [6.45, 7) is 16.3. The Morgan fingerprint density at radius 3 is 1.59 bits per heavy atom. The fraction of sp³-hybridized carbons (Fsp3) is 0.611. The molecule has 0 radical (unpaired) electrons. The number of rotatable bonds is 2. The number of aliphatic hydroxyl groups is 1. The summed E-state index contributed by atoms with van der Waals surface area (Å²) in [6.07, 6.45) is -6.75. The minimum absolute atomic E-state index is 0.142. The standard InChI is InChI=1S/C18H24F3NO3.C11H21NO3.C7H4F4/c1-16(2,3)25-15(23)22-10-6-9-17(4,12-22)24-14-8-5-7-13(11-14)18(19,20)21;1-10(2,3)15-9(13)12-7-5-6-11(4,14)8-12;8-6-3-1-2-5(4-6)7(9,10)11/h5,7-8,11H,6,9-10,12H2,1-4H3;14H,5-8H2,1-4H3;1-4H. The average molecular weight is 739 g/mol. The Kier molecular flexibility index (Phi) is 14.2. The molecule has 2 amide bonds. The van der Waals surface area contributed by atoms with Crippen LogP contribution in [0, 0.1) is 5.82 Å². The molecule has 0 saturated carbocycles. The van der Waals surface area contributed by atoms with E-state index in [0.29, 0.717) is 38.5 Å². The van der Waals surface area contributed by atoms with Crippen molar-refractivity contribution in [3.8, 4) is 5.75 Å². The summed E-state index contributed by atoms with van der Waals surface area (Å²) >= 11 is 0. The lowest BCUT2D eigenvalue weighted by Gasteiger charge is -2.40. The first-order valence-corrected chi connectivity index (χ1v) is 16.4. The van der Waals surface area contributed by atoms with Gasteiger partial charge in [-0.15, -0.1) is 0 Å². The van der Waals surface area contributed by atoms with Crippen LogP contribution in [0.15, 0.2) is 48.5 Å². The summed E-state index contributed by atoms with van der Waals surface area (Å²) in [4.78, 5) is 27.1. The fourth-order valence-electron chi connectivity index (χ4n) is 5.16. The Hall–Kier alpha value is -3.75. The van der Waals surface area contributed by atoms with Crippen molar-refractivity contribution in [2.45, 2.75) is 116 Å². The molecular weight excluding hydrogens is 689 g/mol. The third-order valence-corrected chi connectivity index (χ3v) is 7.31. The molecule has 2 fully saturated rings. The quantitative estimate of drug-likeness (QED) is 0.309. The number of nitrogens with zero attached hydrogens (tertiary/aromatic N) is 2. The van der Waals surface area contributed by atoms with Crippen LogP contribution >= 0.6 is 0 Å². The van der Waals surface area contributed by atoms with Gasteiger partial charge < -0.3 is 29.1 Å². The predicted octanol–water partition coefficient (Wildman–Crippen LogP) is 9.49. The van der Waals surface area contributed by atoms with Crippen molar-refractivity contribution >= 4 is 12.2 Å². The minimum Gasteiger partial charge on any atom is -0.486 e. The molecule has 0 spiro atoms. The van der Waals surface area contributed by atoms with Gasteiger partial charge in [0.2, 0.25) is 0 Å². The van der Waals surface area contributed by atoms with E-state index in [2.05, 4.69) is 0 Å². The average Bonchev–Trinajstić information content (AvgIpc) is 2.95. The van der Waals surface area contributed by atoms with Crippen molar-refractivity contribution in [2.24, 2.45) is 0 Å². The van der Waals surface area contributed by atoms with Crippen LogP contribution in [0.3, 0.4) is 0 Å². The van der Waals surface area contributed by atoms with E-state index in [1.54, 1.807) is 44.4 Å². The van der Waals surface area contributed by atoms with Gasteiger partial charge in [0.15, 0.2) is 0 Å². The van der Waals surface area contributed by atoms with Gasteiger partial charge >= 0.3 is 24.5 Å². The molecule has 2 aromatic rings. The summed E-state index contributed by atoms with van der Waals surface area (Å²) in [5.41, 5.74) is -4.33. The van der Waals surface area contributed by atoms with Gasteiger partial charge in [-0.1, -0.05) is 12.1 Å². The Morgan fingerprint density at radius 1 is 0.706 bits per heavy atom. The van der Waals surface area contributed by atoms with Crippen molar-refractivity contribution in [1.82, 2.24) is 9.80 Å². The highest BCUT2D eigenvalue weighted by atomic mass is 19.4. The number of carbonyl (C=O) groups excluding carboxylic acids is 2. The number of ether oxygens (including phenoxy) is 3. The molecule has 4 rings (SSSR count). The maximum atomic E-state index is 12.8. The number of likely N-dealkylation sites (tertiary alicyclic amines) is 2. The molecule has 2 saturated heterocycles. The molecule has 288 valence electrons. The first kappa shape index (κ1) is 43.4. The van der Waals surface area contributed by atoms with E-state index in [4.69, 9.17) is 14.2 Å². The molecule has 0 aromatic heterocycles. The second-order valence-electron chi connectivity index (χ2n) is 15.1. The van der Waals surface area contributed by atoms with E-state index < -0.39 is 57.8 Å². The van der Waals surface area contributed by atoms with Crippen molar-refractivity contribution in [3.63, 3.8) is 0 Å². The minimum atomic E-state index is -4.46. The zero-order valence-electron chi connectivity index (χ0n) is 30.3. The van der Waals surface area contributed by atoms with Crippen LogP contribution in [-0.4, -0.2) is 75.7 Å². The summed E-state index contributed by atoms with van der Waals surface area (Å²) in [7, 11) is 0. The second kappa shape index (κ2) is 16.7. The van der Waals surface area contributed by atoms with Gasteiger partial charge in [0.25, 0.3) is 0 Å². The number of β-amino-alcohol motifs (C(OH)–C–C–N with tert-alkyl or cyclic N) is 1. The lowest BCUT2D eigenvalue weighted by atomic mass is 9.95. The largest absolute Gasteiger partial charge is 0.486 e.